The maximum absolute atomic E-state index is 13.8. The number of nitrogens with one attached hydrogen (secondary N) is 2. The Morgan fingerprint density at radius 1 is 1.24 bits per heavy atom. The second kappa shape index (κ2) is 10.2. The van der Waals surface area contributed by atoms with Crippen molar-refractivity contribution >= 4 is 17.8 Å². The first kappa shape index (κ1) is 20.3. The lowest BCUT2D eigenvalue weighted by atomic mass is 10.0. The van der Waals surface area contributed by atoms with Gasteiger partial charge >= 0.3 is 5.97 Å². The van der Waals surface area contributed by atoms with Crippen LogP contribution >= 0.6 is 0 Å². The van der Waals surface area contributed by atoms with Crippen molar-refractivity contribution in [1.82, 2.24) is 10.6 Å². The van der Waals surface area contributed by atoms with Gasteiger partial charge in [-0.05, 0) is 30.9 Å². The van der Waals surface area contributed by atoms with Gasteiger partial charge in [-0.3, -0.25) is 9.59 Å². The van der Waals surface area contributed by atoms with Crippen molar-refractivity contribution in [2.75, 3.05) is 0 Å². The van der Waals surface area contributed by atoms with E-state index >= 15 is 0 Å². The minimum absolute atomic E-state index is 0.0723. The van der Waals surface area contributed by atoms with E-state index in [1.165, 1.54) is 25.1 Å². The molecule has 0 fully saturated rings. The van der Waals surface area contributed by atoms with Gasteiger partial charge in [0.25, 0.3) is 0 Å². The molecule has 6 nitrogen and oxygen atoms in total. The number of halogens is 1. The highest BCUT2D eigenvalue weighted by molar-refractivity contribution is 5.90. The Hall–Kier alpha value is -2.70. The van der Waals surface area contributed by atoms with Gasteiger partial charge in [0.15, 0.2) is 0 Å². The van der Waals surface area contributed by atoms with Crippen LogP contribution < -0.4 is 10.6 Å². The summed E-state index contributed by atoms with van der Waals surface area (Å²) < 4.78 is 13.8. The summed E-state index contributed by atoms with van der Waals surface area (Å²) in [5, 5.41) is 14.1. The maximum Gasteiger partial charge on any atom is 0.326 e. The predicted molar refractivity (Wildman–Crippen MR) is 91.3 cm³/mol. The Bertz CT molecular complexity index is 633. The number of unbranched alkanes of at least 4 members (excludes halogenated alkanes) is 1. The molecular weight excluding hydrogens is 327 g/mol. The van der Waals surface area contributed by atoms with Gasteiger partial charge in [-0.1, -0.05) is 24.3 Å². The van der Waals surface area contributed by atoms with Crippen LogP contribution in [0.4, 0.5) is 4.39 Å². The lowest BCUT2D eigenvalue weighted by molar-refractivity contribution is -0.142. The molecule has 3 N–H and O–H groups in total. The Morgan fingerprint density at radius 2 is 1.92 bits per heavy atom. The minimum atomic E-state index is -1.16. The Morgan fingerprint density at radius 3 is 2.48 bits per heavy atom. The quantitative estimate of drug-likeness (QED) is 0.443. The molecule has 0 heterocycles. The van der Waals surface area contributed by atoms with Gasteiger partial charge in [0.05, 0.1) is 0 Å². The molecule has 2 amide bonds. The molecule has 136 valence electrons. The van der Waals surface area contributed by atoms with Crippen LogP contribution in [0.1, 0.15) is 31.7 Å². The normalized spacial score (nSPS) is 12.7. The first-order chi connectivity index (χ1) is 11.8. The van der Waals surface area contributed by atoms with Crippen molar-refractivity contribution in [3.63, 3.8) is 0 Å². The van der Waals surface area contributed by atoms with E-state index in [1.807, 2.05) is 0 Å². The lowest BCUT2D eigenvalue weighted by Crippen LogP contribution is -2.52. The van der Waals surface area contributed by atoms with E-state index in [4.69, 9.17) is 0 Å². The molecule has 0 radical (unpaired) electrons. The second-order valence-electron chi connectivity index (χ2n) is 5.67. The molecule has 1 aromatic rings. The van der Waals surface area contributed by atoms with E-state index in [-0.39, 0.29) is 18.4 Å². The molecule has 0 aliphatic carbocycles. The number of hydrogen-bond donors (Lipinski definition) is 3. The van der Waals surface area contributed by atoms with Crippen LogP contribution in [0.25, 0.3) is 0 Å². The molecule has 7 heteroatoms. The molecule has 25 heavy (non-hydrogen) atoms. The van der Waals surface area contributed by atoms with Gasteiger partial charge in [0, 0.05) is 13.3 Å². The monoisotopic (exact) mass is 350 g/mol. The fourth-order valence-electron chi connectivity index (χ4n) is 2.33. The molecule has 0 aromatic heterocycles. The smallest absolute Gasteiger partial charge is 0.326 e. The van der Waals surface area contributed by atoms with Gasteiger partial charge < -0.3 is 15.7 Å². The van der Waals surface area contributed by atoms with Gasteiger partial charge in [-0.2, -0.15) is 0 Å². The summed E-state index contributed by atoms with van der Waals surface area (Å²) in [5.41, 5.74) is 0.259. The Labute approximate surface area is 146 Å². The van der Waals surface area contributed by atoms with Crippen LogP contribution in [0, 0.1) is 5.82 Å². The van der Waals surface area contributed by atoms with E-state index in [1.54, 1.807) is 12.1 Å². The lowest BCUT2D eigenvalue weighted by Gasteiger charge is -2.21. The number of carboxylic acids is 1. The van der Waals surface area contributed by atoms with Crippen molar-refractivity contribution in [3.8, 4) is 0 Å². The average Bonchev–Trinajstić information content (AvgIpc) is 2.54. The fraction of sp³-hybridized carbons (Fsp3) is 0.389. The molecule has 2 atom stereocenters. The van der Waals surface area contributed by atoms with Crippen molar-refractivity contribution < 1.29 is 23.9 Å². The number of amides is 2. The standard InChI is InChI=1S/C18H23FN2O4/c1-3-4-5-10-15(18(24)25)21-17(23)16(20-12(2)22)11-13-8-6-7-9-14(13)19/h3,6-9,15-16H,1,4-5,10-11H2,2H3,(H,20,22)(H,21,23)(H,24,25)/t15-,16+/m1/s1. The van der Waals surface area contributed by atoms with Gasteiger partial charge in [-0.15, -0.1) is 6.58 Å². The number of rotatable bonds is 10. The molecule has 0 aliphatic heterocycles. The molecule has 0 saturated heterocycles. The van der Waals surface area contributed by atoms with Crippen LogP contribution in [0.2, 0.25) is 0 Å². The van der Waals surface area contributed by atoms with Crippen molar-refractivity contribution in [1.29, 1.82) is 0 Å². The molecule has 1 aromatic carbocycles. The van der Waals surface area contributed by atoms with E-state index in [2.05, 4.69) is 17.2 Å². The Kier molecular flexibility index (Phi) is 8.32. The number of benzene rings is 1. The topological polar surface area (TPSA) is 95.5 Å². The van der Waals surface area contributed by atoms with Crippen LogP contribution in [0.15, 0.2) is 36.9 Å². The largest absolute Gasteiger partial charge is 0.480 e. The molecular formula is C18H23FN2O4. The third-order valence-corrected chi connectivity index (χ3v) is 3.59. The zero-order valence-corrected chi connectivity index (χ0v) is 14.1. The number of allylic oxidation sites excluding steroid dienone is 1. The summed E-state index contributed by atoms with van der Waals surface area (Å²) in [6, 6.07) is 3.77. The fourth-order valence-corrected chi connectivity index (χ4v) is 2.33. The molecule has 0 bridgehead atoms. The summed E-state index contributed by atoms with van der Waals surface area (Å²) in [6.07, 6.45) is 3.01. The molecule has 0 spiro atoms. The van der Waals surface area contributed by atoms with Crippen LogP contribution in [-0.4, -0.2) is 35.0 Å². The van der Waals surface area contributed by atoms with Crippen LogP contribution in [-0.2, 0) is 20.8 Å². The van der Waals surface area contributed by atoms with E-state index in [0.29, 0.717) is 12.8 Å². The zero-order chi connectivity index (χ0) is 18.8. The minimum Gasteiger partial charge on any atom is -0.480 e. The van der Waals surface area contributed by atoms with Gasteiger partial charge in [0.2, 0.25) is 11.8 Å². The predicted octanol–water partition coefficient (Wildman–Crippen LogP) is 1.80. The highest BCUT2D eigenvalue weighted by Gasteiger charge is 2.26. The van der Waals surface area contributed by atoms with Crippen molar-refractivity contribution in [2.24, 2.45) is 0 Å². The number of carboxylic acid groups (broad SMARTS) is 1. The number of aliphatic carboxylic acids is 1. The number of hydrogen-bond acceptors (Lipinski definition) is 3. The van der Waals surface area contributed by atoms with Crippen molar-refractivity contribution in [3.05, 3.63) is 48.3 Å². The maximum atomic E-state index is 13.8. The molecule has 0 aliphatic rings. The summed E-state index contributed by atoms with van der Waals surface area (Å²) in [5.74, 6) is -2.78. The number of carbonyl (C=O) groups excluding carboxylic acids is 2. The summed E-state index contributed by atoms with van der Waals surface area (Å²) in [6.45, 7) is 4.80. The average molecular weight is 350 g/mol. The summed E-state index contributed by atoms with van der Waals surface area (Å²) in [4.78, 5) is 35.1. The summed E-state index contributed by atoms with van der Waals surface area (Å²) in [7, 11) is 0. The highest BCUT2D eigenvalue weighted by atomic mass is 19.1. The number of carbonyl (C=O) groups is 3. The molecule has 0 unspecified atom stereocenters. The highest BCUT2D eigenvalue weighted by Crippen LogP contribution is 2.10. The first-order valence-electron chi connectivity index (χ1n) is 7.99. The Balaban J connectivity index is 2.84. The van der Waals surface area contributed by atoms with Crippen LogP contribution in [0.3, 0.4) is 0 Å². The van der Waals surface area contributed by atoms with E-state index in [9.17, 15) is 23.9 Å². The summed E-state index contributed by atoms with van der Waals surface area (Å²) >= 11 is 0. The second-order valence-corrected chi connectivity index (χ2v) is 5.67. The molecule has 1 rings (SSSR count). The van der Waals surface area contributed by atoms with E-state index in [0.717, 1.165) is 0 Å². The first-order valence-corrected chi connectivity index (χ1v) is 7.99. The van der Waals surface area contributed by atoms with Crippen molar-refractivity contribution in [2.45, 2.75) is 44.7 Å². The third kappa shape index (κ3) is 7.15. The molecule has 0 saturated carbocycles. The van der Waals surface area contributed by atoms with E-state index < -0.39 is 35.7 Å². The van der Waals surface area contributed by atoms with Crippen LogP contribution in [0.5, 0.6) is 0 Å². The zero-order valence-electron chi connectivity index (χ0n) is 14.1. The third-order valence-electron chi connectivity index (χ3n) is 3.59. The van der Waals surface area contributed by atoms with Gasteiger partial charge in [-0.25, -0.2) is 9.18 Å². The van der Waals surface area contributed by atoms with Gasteiger partial charge in [0.1, 0.15) is 17.9 Å². The SMILES string of the molecule is C=CCCC[C@@H](NC(=O)[C@H](Cc1ccccc1F)NC(C)=O)C(=O)O.